The van der Waals surface area contributed by atoms with E-state index >= 15 is 0 Å². The van der Waals surface area contributed by atoms with Gasteiger partial charge in [0.25, 0.3) is 0 Å². The van der Waals surface area contributed by atoms with Gasteiger partial charge in [-0.2, -0.15) is 0 Å². The summed E-state index contributed by atoms with van der Waals surface area (Å²) in [6.45, 7) is 10.5. The van der Waals surface area contributed by atoms with Gasteiger partial charge in [0.05, 0.1) is 10.7 Å². The molecule has 2 nitrogen and oxygen atoms in total. The summed E-state index contributed by atoms with van der Waals surface area (Å²) in [6.07, 6.45) is 0.920. The standard InChI is InChI=1S/C11H20N2S/c1-7(2)10-13-8(3)9(14-10)6-11(4,5)12/h7H,6,12H2,1-5H3. The van der Waals surface area contributed by atoms with Crippen molar-refractivity contribution in [2.24, 2.45) is 5.73 Å². The summed E-state index contributed by atoms with van der Waals surface area (Å²) in [5, 5.41) is 1.22. The lowest BCUT2D eigenvalue weighted by Gasteiger charge is -2.17. The van der Waals surface area contributed by atoms with Gasteiger partial charge in [0.1, 0.15) is 0 Å². The van der Waals surface area contributed by atoms with Crippen molar-refractivity contribution in [1.29, 1.82) is 0 Å². The van der Waals surface area contributed by atoms with Gasteiger partial charge in [0, 0.05) is 22.8 Å². The molecule has 3 heteroatoms. The summed E-state index contributed by atoms with van der Waals surface area (Å²) in [5.41, 5.74) is 7.02. The van der Waals surface area contributed by atoms with Crippen LogP contribution in [0.3, 0.4) is 0 Å². The Labute approximate surface area is 90.6 Å². The van der Waals surface area contributed by atoms with Crippen LogP contribution in [0.4, 0.5) is 0 Å². The first-order chi connectivity index (χ1) is 6.29. The van der Waals surface area contributed by atoms with E-state index in [9.17, 15) is 0 Å². The van der Waals surface area contributed by atoms with Crippen molar-refractivity contribution in [3.8, 4) is 0 Å². The molecule has 0 aliphatic carbocycles. The van der Waals surface area contributed by atoms with Crippen molar-refractivity contribution in [2.75, 3.05) is 0 Å². The van der Waals surface area contributed by atoms with Crippen LogP contribution in [-0.2, 0) is 6.42 Å². The third-order valence-corrected chi connectivity index (χ3v) is 3.48. The van der Waals surface area contributed by atoms with Crippen LogP contribution in [0.25, 0.3) is 0 Å². The number of thiazole rings is 1. The Hall–Kier alpha value is -0.410. The average molecular weight is 212 g/mol. The van der Waals surface area contributed by atoms with Crippen molar-refractivity contribution in [3.05, 3.63) is 15.6 Å². The number of aromatic nitrogens is 1. The van der Waals surface area contributed by atoms with Gasteiger partial charge < -0.3 is 5.73 Å². The zero-order valence-corrected chi connectivity index (χ0v) is 10.5. The second-order valence-electron chi connectivity index (χ2n) is 4.88. The van der Waals surface area contributed by atoms with Gasteiger partial charge in [0.15, 0.2) is 0 Å². The molecule has 2 N–H and O–H groups in total. The summed E-state index contributed by atoms with van der Waals surface area (Å²) in [5.74, 6) is 0.522. The van der Waals surface area contributed by atoms with Crippen molar-refractivity contribution in [2.45, 2.75) is 52.5 Å². The fraction of sp³-hybridized carbons (Fsp3) is 0.727. The molecule has 14 heavy (non-hydrogen) atoms. The molecule has 0 aromatic carbocycles. The monoisotopic (exact) mass is 212 g/mol. The van der Waals surface area contributed by atoms with Gasteiger partial charge in [-0.1, -0.05) is 13.8 Å². The molecule has 1 aromatic heterocycles. The summed E-state index contributed by atoms with van der Waals surface area (Å²) >= 11 is 1.80. The fourth-order valence-corrected chi connectivity index (χ4v) is 2.58. The molecule has 0 spiro atoms. The number of nitrogens with zero attached hydrogens (tertiary/aromatic N) is 1. The van der Waals surface area contributed by atoms with Crippen molar-refractivity contribution in [3.63, 3.8) is 0 Å². The van der Waals surface area contributed by atoms with E-state index in [0.717, 1.165) is 12.1 Å². The highest BCUT2D eigenvalue weighted by Crippen LogP contribution is 2.26. The Bertz CT molecular complexity index is 308. The molecule has 0 amide bonds. The molecule has 1 rings (SSSR count). The quantitative estimate of drug-likeness (QED) is 0.836. The normalized spacial score (nSPS) is 12.5. The minimum atomic E-state index is -0.133. The molecule has 1 aromatic rings. The van der Waals surface area contributed by atoms with Gasteiger partial charge in [-0.05, 0) is 20.8 Å². The van der Waals surface area contributed by atoms with Gasteiger partial charge in [-0.3, -0.25) is 0 Å². The third-order valence-electron chi connectivity index (χ3n) is 2.02. The lowest BCUT2D eigenvalue weighted by molar-refractivity contribution is 0.519. The van der Waals surface area contributed by atoms with Gasteiger partial charge in [0.2, 0.25) is 0 Å². The van der Waals surface area contributed by atoms with Crippen LogP contribution in [0.2, 0.25) is 0 Å². The minimum absolute atomic E-state index is 0.133. The summed E-state index contributed by atoms with van der Waals surface area (Å²) < 4.78 is 0. The zero-order chi connectivity index (χ0) is 10.9. The van der Waals surface area contributed by atoms with Gasteiger partial charge in [-0.15, -0.1) is 11.3 Å². The predicted molar refractivity (Wildman–Crippen MR) is 62.9 cm³/mol. The fourth-order valence-electron chi connectivity index (χ4n) is 1.28. The highest BCUT2D eigenvalue weighted by molar-refractivity contribution is 7.11. The lowest BCUT2D eigenvalue weighted by atomic mass is 10.0. The Morgan fingerprint density at radius 2 is 2.00 bits per heavy atom. The van der Waals surface area contributed by atoms with Crippen LogP contribution in [-0.4, -0.2) is 10.5 Å². The molecule has 0 saturated carbocycles. The number of nitrogens with two attached hydrogens (primary N) is 1. The van der Waals surface area contributed by atoms with E-state index in [1.165, 1.54) is 9.88 Å². The maximum Gasteiger partial charge on any atom is 0.0956 e. The topological polar surface area (TPSA) is 38.9 Å². The molecule has 0 radical (unpaired) electrons. The van der Waals surface area contributed by atoms with E-state index in [1.54, 1.807) is 11.3 Å². The first kappa shape index (κ1) is 11.7. The van der Waals surface area contributed by atoms with Crippen LogP contribution in [0.15, 0.2) is 0 Å². The molecule has 0 saturated heterocycles. The zero-order valence-electron chi connectivity index (χ0n) is 9.72. The summed E-state index contributed by atoms with van der Waals surface area (Å²) in [4.78, 5) is 5.89. The average Bonchev–Trinajstić information content (AvgIpc) is 2.29. The molecule has 0 aliphatic rings. The SMILES string of the molecule is Cc1nc(C(C)C)sc1CC(C)(C)N. The van der Waals surface area contributed by atoms with Crippen molar-refractivity contribution >= 4 is 11.3 Å². The van der Waals surface area contributed by atoms with Crippen LogP contribution >= 0.6 is 11.3 Å². The van der Waals surface area contributed by atoms with Crippen molar-refractivity contribution < 1.29 is 0 Å². The number of hydrogen-bond donors (Lipinski definition) is 1. The van der Waals surface area contributed by atoms with Gasteiger partial charge in [-0.25, -0.2) is 4.98 Å². The lowest BCUT2D eigenvalue weighted by Crippen LogP contribution is -2.34. The summed E-state index contributed by atoms with van der Waals surface area (Å²) in [6, 6.07) is 0. The Morgan fingerprint density at radius 1 is 1.43 bits per heavy atom. The highest BCUT2D eigenvalue weighted by atomic mass is 32.1. The maximum atomic E-state index is 6.00. The molecule has 0 aliphatic heterocycles. The second-order valence-corrected chi connectivity index (χ2v) is 6.00. The molecule has 0 fully saturated rings. The number of aryl methyl sites for hydroxylation is 1. The highest BCUT2D eigenvalue weighted by Gasteiger charge is 2.17. The van der Waals surface area contributed by atoms with E-state index in [0.29, 0.717) is 5.92 Å². The van der Waals surface area contributed by atoms with E-state index < -0.39 is 0 Å². The predicted octanol–water partition coefficient (Wildman–Crippen LogP) is 2.85. The van der Waals surface area contributed by atoms with Crippen LogP contribution in [0.5, 0.6) is 0 Å². The largest absolute Gasteiger partial charge is 0.325 e. The Balaban J connectivity index is 2.88. The minimum Gasteiger partial charge on any atom is -0.325 e. The first-order valence-corrected chi connectivity index (χ1v) is 5.86. The molecular formula is C11H20N2S. The first-order valence-electron chi connectivity index (χ1n) is 5.04. The van der Waals surface area contributed by atoms with Gasteiger partial charge >= 0.3 is 0 Å². The molecule has 1 heterocycles. The van der Waals surface area contributed by atoms with Crippen LogP contribution < -0.4 is 5.73 Å². The van der Waals surface area contributed by atoms with E-state index in [4.69, 9.17) is 5.73 Å². The van der Waals surface area contributed by atoms with Crippen LogP contribution in [0, 0.1) is 6.92 Å². The number of rotatable bonds is 3. The number of hydrogen-bond acceptors (Lipinski definition) is 3. The van der Waals surface area contributed by atoms with Crippen LogP contribution in [0.1, 0.15) is 49.2 Å². The van der Waals surface area contributed by atoms with Crippen molar-refractivity contribution in [1.82, 2.24) is 4.98 Å². The summed E-state index contributed by atoms with van der Waals surface area (Å²) in [7, 11) is 0. The Morgan fingerprint density at radius 3 is 2.36 bits per heavy atom. The van der Waals surface area contributed by atoms with E-state index in [1.807, 2.05) is 0 Å². The molecule has 0 bridgehead atoms. The maximum absolute atomic E-state index is 6.00. The smallest absolute Gasteiger partial charge is 0.0956 e. The van der Waals surface area contributed by atoms with E-state index in [-0.39, 0.29) is 5.54 Å². The Kier molecular flexibility index (Phi) is 3.32. The second kappa shape index (κ2) is 3.99. The third kappa shape index (κ3) is 3.07. The molecular weight excluding hydrogens is 192 g/mol. The molecule has 0 unspecified atom stereocenters. The molecule has 80 valence electrons. The molecule has 0 atom stereocenters. The van der Waals surface area contributed by atoms with E-state index in [2.05, 4.69) is 39.6 Å².